The van der Waals surface area contributed by atoms with Crippen molar-refractivity contribution >= 4 is 17.4 Å². The van der Waals surface area contributed by atoms with Crippen molar-refractivity contribution in [1.29, 1.82) is 0 Å². The minimum Gasteiger partial charge on any atom is -0.493 e. The minimum atomic E-state index is -0.450. The van der Waals surface area contributed by atoms with Gasteiger partial charge in [0, 0.05) is 11.6 Å². The summed E-state index contributed by atoms with van der Waals surface area (Å²) in [4.78, 5) is 11.0. The van der Waals surface area contributed by atoms with Crippen LogP contribution in [0.15, 0.2) is 57.0 Å². The van der Waals surface area contributed by atoms with Gasteiger partial charge >= 0.3 is 0 Å². The Morgan fingerprint density at radius 1 is 1.08 bits per heavy atom. The maximum Gasteiger partial charge on any atom is 0.283 e. The summed E-state index contributed by atoms with van der Waals surface area (Å²) in [5.41, 5.74) is 0.637. The molecule has 0 aliphatic heterocycles. The lowest BCUT2D eigenvalue weighted by atomic mass is 10.2. The van der Waals surface area contributed by atoms with Gasteiger partial charge in [0.25, 0.3) is 10.9 Å². The molecule has 25 heavy (non-hydrogen) atoms. The van der Waals surface area contributed by atoms with E-state index >= 15 is 0 Å². The van der Waals surface area contributed by atoms with Gasteiger partial charge in [-0.25, -0.2) is 0 Å². The normalized spacial score (nSPS) is 10.5. The number of nitrogens with zero attached hydrogens (tertiary/aromatic N) is 3. The van der Waals surface area contributed by atoms with Crippen LogP contribution in [0.2, 0.25) is 0 Å². The van der Waals surface area contributed by atoms with Crippen molar-refractivity contribution in [3.63, 3.8) is 0 Å². The molecule has 0 spiro atoms. The maximum absolute atomic E-state index is 11.1. The average molecular weight is 359 g/mol. The van der Waals surface area contributed by atoms with Crippen LogP contribution in [0.3, 0.4) is 0 Å². The number of benzene rings is 2. The van der Waals surface area contributed by atoms with E-state index in [4.69, 9.17) is 13.9 Å². The summed E-state index contributed by atoms with van der Waals surface area (Å²) >= 11 is 1.04. The molecule has 0 saturated carbocycles. The topological polar surface area (TPSA) is 101 Å². The molecule has 0 saturated heterocycles. The van der Waals surface area contributed by atoms with Crippen molar-refractivity contribution in [1.82, 2.24) is 10.2 Å². The molecule has 0 unspecified atom stereocenters. The van der Waals surface area contributed by atoms with Gasteiger partial charge in [0.05, 0.1) is 24.0 Å². The van der Waals surface area contributed by atoms with Crippen LogP contribution in [0, 0.1) is 10.1 Å². The van der Waals surface area contributed by atoms with Gasteiger partial charge in [0.2, 0.25) is 5.89 Å². The largest absolute Gasteiger partial charge is 0.493 e. The summed E-state index contributed by atoms with van der Waals surface area (Å²) in [5, 5.41) is 19.2. The average Bonchev–Trinajstić information content (AvgIpc) is 3.10. The third kappa shape index (κ3) is 3.56. The van der Waals surface area contributed by atoms with E-state index in [0.29, 0.717) is 22.0 Å². The van der Waals surface area contributed by atoms with Gasteiger partial charge in [-0.2, -0.15) is 0 Å². The van der Waals surface area contributed by atoms with Crippen LogP contribution in [0.5, 0.6) is 11.5 Å². The second kappa shape index (κ2) is 7.22. The predicted molar refractivity (Wildman–Crippen MR) is 90.1 cm³/mol. The van der Waals surface area contributed by atoms with Gasteiger partial charge in [-0.15, -0.1) is 10.2 Å². The molecule has 9 heteroatoms. The second-order valence-electron chi connectivity index (χ2n) is 4.77. The molecular weight excluding hydrogens is 346 g/mol. The fourth-order valence-corrected chi connectivity index (χ4v) is 2.91. The van der Waals surface area contributed by atoms with Crippen molar-refractivity contribution in [2.75, 3.05) is 14.2 Å². The molecule has 128 valence electrons. The van der Waals surface area contributed by atoms with Crippen LogP contribution in [-0.4, -0.2) is 29.3 Å². The van der Waals surface area contributed by atoms with E-state index in [1.165, 1.54) is 13.2 Å². The first kappa shape index (κ1) is 16.8. The number of aromatic nitrogens is 2. The molecule has 2 aromatic carbocycles. The first-order valence-corrected chi connectivity index (χ1v) is 7.91. The molecule has 1 heterocycles. The molecule has 0 atom stereocenters. The van der Waals surface area contributed by atoms with Gasteiger partial charge in [-0.3, -0.25) is 10.1 Å². The Kier molecular flexibility index (Phi) is 4.85. The first-order valence-electron chi connectivity index (χ1n) is 7.09. The first-order chi connectivity index (χ1) is 12.1. The Morgan fingerprint density at radius 3 is 2.56 bits per heavy atom. The monoisotopic (exact) mass is 359 g/mol. The van der Waals surface area contributed by atoms with Crippen molar-refractivity contribution in [2.24, 2.45) is 0 Å². The zero-order chi connectivity index (χ0) is 17.8. The van der Waals surface area contributed by atoms with Crippen LogP contribution in [0.1, 0.15) is 0 Å². The van der Waals surface area contributed by atoms with Gasteiger partial charge in [0.15, 0.2) is 11.5 Å². The second-order valence-corrected chi connectivity index (χ2v) is 5.76. The number of para-hydroxylation sites is 1. The highest BCUT2D eigenvalue weighted by Gasteiger charge is 2.18. The van der Waals surface area contributed by atoms with Crippen LogP contribution in [-0.2, 0) is 0 Å². The molecule has 3 rings (SSSR count). The van der Waals surface area contributed by atoms with Gasteiger partial charge in [-0.05, 0) is 36.0 Å². The lowest BCUT2D eigenvalue weighted by molar-refractivity contribution is -0.387. The van der Waals surface area contributed by atoms with Gasteiger partial charge in [-0.1, -0.05) is 12.1 Å². The number of rotatable bonds is 6. The zero-order valence-electron chi connectivity index (χ0n) is 13.3. The fraction of sp³-hybridized carbons (Fsp3) is 0.125. The van der Waals surface area contributed by atoms with E-state index in [1.54, 1.807) is 43.5 Å². The zero-order valence-corrected chi connectivity index (χ0v) is 14.1. The van der Waals surface area contributed by atoms with E-state index in [-0.39, 0.29) is 16.8 Å². The van der Waals surface area contributed by atoms with Crippen molar-refractivity contribution in [3.8, 4) is 23.0 Å². The number of nitro groups is 1. The SMILES string of the molecule is COc1ccc(-c2nnc(Sc3ccccc3[N+](=O)[O-])o2)cc1OC. The van der Waals surface area contributed by atoms with E-state index < -0.39 is 4.92 Å². The van der Waals surface area contributed by atoms with E-state index in [0.717, 1.165) is 11.8 Å². The van der Waals surface area contributed by atoms with E-state index in [9.17, 15) is 10.1 Å². The number of nitro benzene ring substituents is 1. The van der Waals surface area contributed by atoms with Gasteiger partial charge < -0.3 is 13.9 Å². The quantitative estimate of drug-likeness (QED) is 0.484. The fourth-order valence-electron chi connectivity index (χ4n) is 2.13. The molecular formula is C16H13N3O5S. The van der Waals surface area contributed by atoms with Crippen molar-refractivity contribution < 1.29 is 18.8 Å². The Bertz CT molecular complexity index is 912. The van der Waals surface area contributed by atoms with E-state index in [2.05, 4.69) is 10.2 Å². The molecule has 0 aliphatic rings. The molecule has 0 radical (unpaired) electrons. The molecule has 3 aromatic rings. The number of hydrogen-bond acceptors (Lipinski definition) is 8. The summed E-state index contributed by atoms with van der Waals surface area (Å²) in [5.74, 6) is 1.40. The molecule has 0 fully saturated rings. The van der Waals surface area contributed by atoms with Gasteiger partial charge in [0.1, 0.15) is 0 Å². The lowest BCUT2D eigenvalue weighted by Crippen LogP contribution is -1.90. The minimum absolute atomic E-state index is 0.0154. The molecule has 0 amide bonds. The molecule has 0 bridgehead atoms. The van der Waals surface area contributed by atoms with Crippen LogP contribution >= 0.6 is 11.8 Å². The van der Waals surface area contributed by atoms with Crippen molar-refractivity contribution in [2.45, 2.75) is 10.1 Å². The number of hydrogen-bond donors (Lipinski definition) is 0. The smallest absolute Gasteiger partial charge is 0.283 e. The Hall–Kier alpha value is -3.07. The third-order valence-corrected chi connectivity index (χ3v) is 4.20. The van der Waals surface area contributed by atoms with Crippen LogP contribution in [0.25, 0.3) is 11.5 Å². The Labute approximate surface area is 146 Å². The highest BCUT2D eigenvalue weighted by Crippen LogP contribution is 2.36. The van der Waals surface area contributed by atoms with E-state index in [1.807, 2.05) is 0 Å². The summed E-state index contributed by atoms with van der Waals surface area (Å²) in [6.45, 7) is 0. The summed E-state index contributed by atoms with van der Waals surface area (Å²) in [6.07, 6.45) is 0. The van der Waals surface area contributed by atoms with Crippen LogP contribution in [0.4, 0.5) is 5.69 Å². The number of methoxy groups -OCH3 is 2. The highest BCUT2D eigenvalue weighted by molar-refractivity contribution is 7.99. The molecule has 8 nitrogen and oxygen atoms in total. The summed E-state index contributed by atoms with van der Waals surface area (Å²) in [6, 6.07) is 11.6. The lowest BCUT2D eigenvalue weighted by Gasteiger charge is -2.07. The summed E-state index contributed by atoms with van der Waals surface area (Å²) < 4.78 is 16.0. The van der Waals surface area contributed by atoms with Crippen LogP contribution < -0.4 is 9.47 Å². The number of ether oxygens (including phenoxy) is 2. The predicted octanol–water partition coefficient (Wildman–Crippen LogP) is 3.81. The molecule has 0 N–H and O–H groups in total. The Balaban J connectivity index is 1.87. The molecule has 0 aliphatic carbocycles. The van der Waals surface area contributed by atoms with Crippen molar-refractivity contribution in [3.05, 3.63) is 52.6 Å². The third-order valence-electron chi connectivity index (χ3n) is 3.30. The highest BCUT2D eigenvalue weighted by atomic mass is 32.2. The Morgan fingerprint density at radius 2 is 1.84 bits per heavy atom. The standard InChI is InChI=1S/C16H13N3O5S/c1-22-12-8-7-10(9-13(12)23-2)15-17-18-16(24-15)25-14-6-4-3-5-11(14)19(20)21/h3-9H,1-2H3. The summed E-state index contributed by atoms with van der Waals surface area (Å²) in [7, 11) is 3.08. The maximum atomic E-state index is 11.1. The molecule has 1 aromatic heterocycles.